The first kappa shape index (κ1) is 84.1. The summed E-state index contributed by atoms with van der Waals surface area (Å²) in [6.07, 6.45) is 24.3. The van der Waals surface area contributed by atoms with Gasteiger partial charge in [-0.1, -0.05) is 174 Å². The van der Waals surface area contributed by atoms with E-state index in [1.807, 2.05) is 0 Å². The Morgan fingerprint density at radius 1 is 0.271 bits per heavy atom. The summed E-state index contributed by atoms with van der Waals surface area (Å²) in [5.74, 6) is -16.8. The Hall–Kier alpha value is -10.2. The van der Waals surface area contributed by atoms with Crippen LogP contribution in [0.5, 0.6) is 0 Å². The molecule has 0 aliphatic carbocycles. The lowest BCUT2D eigenvalue weighted by Gasteiger charge is -2.23. The lowest BCUT2D eigenvalue weighted by Crippen LogP contribution is -2.33. The van der Waals surface area contributed by atoms with Crippen LogP contribution in [0, 0.1) is 54.6 Å². The van der Waals surface area contributed by atoms with Crippen molar-refractivity contribution in [2.24, 2.45) is 0 Å². The van der Waals surface area contributed by atoms with Crippen molar-refractivity contribution in [3.05, 3.63) is 212 Å². The first-order valence-corrected chi connectivity index (χ1v) is 37.5. The standard InChI is InChI=1S/C84H99F7N8O8/c1-7-11-15-19-23-27-44-98(45-28-24-20-16-12-8-2)83(106)56-40-42-64(85)66(52-56)92-77(100)58-34-31-36-60(72(58)87)79(102)94-68-48-54(5)50-70(75(68)90)96-81(104)62-38-33-39-63(74(62)89)82(105)97-71-51-55(6)49-69(76(71)91)95-80(103)61-37-32-35-59(73(61)88)78(101)93-67-53-57(41-43-65(67)86)84(107)99(46-29-25-21-17-13-9-3)47-30-26-22-18-14-10-4/h31-43,48-53H,7-30,44-47H2,1-6H3,(H,92,100)(H,93,101)(H,94,102)(H,95,103)(H,96,104)(H,97,105). The molecule has 0 bridgehead atoms. The van der Waals surface area contributed by atoms with E-state index in [9.17, 15) is 38.4 Å². The number of nitrogens with one attached hydrogen (secondary N) is 6. The zero-order valence-electron chi connectivity index (χ0n) is 62.1. The number of amides is 8. The highest BCUT2D eigenvalue weighted by molar-refractivity contribution is 6.13. The van der Waals surface area contributed by atoms with Gasteiger partial charge in [-0.3, -0.25) is 38.4 Å². The van der Waals surface area contributed by atoms with E-state index in [1.54, 1.807) is 9.80 Å². The number of halogens is 7. The van der Waals surface area contributed by atoms with E-state index in [4.69, 9.17) is 0 Å². The number of carbonyl (C=O) groups is 8. The number of hydrogen-bond acceptors (Lipinski definition) is 8. The summed E-state index contributed by atoms with van der Waals surface area (Å²) in [5.41, 5.74) is -7.12. The normalized spacial score (nSPS) is 11.1. The lowest BCUT2D eigenvalue weighted by molar-refractivity contribution is 0.0741. The average molecular weight is 1480 g/mol. The maximum atomic E-state index is 16.4. The second-order valence-electron chi connectivity index (χ2n) is 27.1. The summed E-state index contributed by atoms with van der Waals surface area (Å²) in [6.45, 7) is 13.4. The largest absolute Gasteiger partial charge is 0.339 e. The van der Waals surface area contributed by atoms with Crippen molar-refractivity contribution in [3.63, 3.8) is 0 Å². The Labute approximate surface area is 622 Å². The molecule has 0 heterocycles. The zero-order chi connectivity index (χ0) is 77.5. The van der Waals surface area contributed by atoms with Crippen molar-refractivity contribution in [1.82, 2.24) is 9.80 Å². The van der Waals surface area contributed by atoms with Crippen LogP contribution in [0.3, 0.4) is 0 Å². The Balaban J connectivity index is 0.991. The fraction of sp³-hybridized carbons (Fsp3) is 0.405. The fourth-order valence-electron chi connectivity index (χ4n) is 12.5. The van der Waals surface area contributed by atoms with E-state index in [2.05, 4.69) is 59.6 Å². The van der Waals surface area contributed by atoms with Gasteiger partial charge in [-0.15, -0.1) is 0 Å². The molecule has 0 atom stereocenters. The molecule has 23 heteroatoms. The predicted octanol–water partition coefficient (Wildman–Crippen LogP) is 21.1. The molecule has 0 aromatic heterocycles. The molecule has 0 saturated heterocycles. The molecule has 8 amide bonds. The maximum absolute atomic E-state index is 16.4. The van der Waals surface area contributed by atoms with Crippen molar-refractivity contribution >= 4 is 81.4 Å². The number of benzene rings is 7. The Bertz CT molecular complexity index is 3970. The van der Waals surface area contributed by atoms with Gasteiger partial charge < -0.3 is 41.7 Å². The summed E-state index contributed by atoms with van der Waals surface area (Å²) in [5, 5.41) is 13.5. The summed E-state index contributed by atoms with van der Waals surface area (Å²) < 4.78 is 113. The van der Waals surface area contributed by atoms with Crippen LogP contribution in [0.25, 0.3) is 0 Å². The summed E-state index contributed by atoms with van der Waals surface area (Å²) in [4.78, 5) is 114. The maximum Gasteiger partial charge on any atom is 0.258 e. The third kappa shape index (κ3) is 24.4. The highest BCUT2D eigenvalue weighted by Gasteiger charge is 2.29. The van der Waals surface area contributed by atoms with Gasteiger partial charge in [0, 0.05) is 37.3 Å². The van der Waals surface area contributed by atoms with Crippen LogP contribution in [0.2, 0.25) is 0 Å². The van der Waals surface area contributed by atoms with Gasteiger partial charge in [0.25, 0.3) is 47.3 Å². The van der Waals surface area contributed by atoms with Crippen LogP contribution in [0.1, 0.15) is 276 Å². The van der Waals surface area contributed by atoms with Gasteiger partial charge in [0.2, 0.25) is 0 Å². The molecule has 0 fully saturated rings. The molecule has 107 heavy (non-hydrogen) atoms. The molecular formula is C84H99F7N8O8. The van der Waals surface area contributed by atoms with Crippen molar-refractivity contribution in [2.45, 2.75) is 196 Å². The van der Waals surface area contributed by atoms with Gasteiger partial charge in [-0.25, -0.2) is 30.7 Å². The molecule has 7 aromatic carbocycles. The van der Waals surface area contributed by atoms with Gasteiger partial charge in [-0.05, 0) is 148 Å². The van der Waals surface area contributed by atoms with Crippen LogP contribution >= 0.6 is 0 Å². The van der Waals surface area contributed by atoms with Gasteiger partial charge in [0.15, 0.2) is 11.6 Å². The molecule has 16 nitrogen and oxygen atoms in total. The third-order valence-electron chi connectivity index (χ3n) is 18.5. The zero-order valence-corrected chi connectivity index (χ0v) is 62.1. The Kier molecular flexibility index (Phi) is 33.7. The highest BCUT2D eigenvalue weighted by atomic mass is 19.2. The molecule has 0 saturated carbocycles. The van der Waals surface area contributed by atoms with Crippen molar-refractivity contribution in [2.75, 3.05) is 58.1 Å². The topological polar surface area (TPSA) is 215 Å². The quantitative estimate of drug-likeness (QED) is 0.0159. The smallest absolute Gasteiger partial charge is 0.258 e. The molecule has 0 spiro atoms. The molecule has 0 aliphatic rings. The van der Waals surface area contributed by atoms with Crippen molar-refractivity contribution in [3.8, 4) is 0 Å². The lowest BCUT2D eigenvalue weighted by atomic mass is 10.1. The van der Waals surface area contributed by atoms with Gasteiger partial charge in [0.05, 0.1) is 67.5 Å². The fourth-order valence-corrected chi connectivity index (χ4v) is 12.5. The van der Waals surface area contributed by atoms with Gasteiger partial charge in [-0.2, -0.15) is 0 Å². The van der Waals surface area contributed by atoms with Crippen LogP contribution in [-0.4, -0.2) is 83.2 Å². The molecule has 0 radical (unpaired) electrons. The second kappa shape index (κ2) is 42.8. The van der Waals surface area contributed by atoms with Gasteiger partial charge >= 0.3 is 0 Å². The summed E-state index contributed by atoms with van der Waals surface area (Å²) in [7, 11) is 0. The summed E-state index contributed by atoms with van der Waals surface area (Å²) in [6, 6.07) is 21.0. The number of anilines is 6. The molecular weight excluding hydrogens is 1380 g/mol. The number of unbranched alkanes of at least 4 members (excludes halogenated alkanes) is 20. The SMILES string of the molecule is CCCCCCCCN(CCCCCCCC)C(=O)c1ccc(F)c(NC(=O)c2cccc(C(=O)Nc3cc(C)cc(NC(=O)c4cccc(C(=O)Nc5cc(C)cc(NC(=O)c6cccc(C(=O)Nc7cc(C(=O)N(CCCCCCCC)CCCCCCCC)ccc7F)c6F)c5F)c4F)c3F)c2F)c1. The first-order chi connectivity index (χ1) is 51.5. The van der Waals surface area contributed by atoms with E-state index in [-0.39, 0.29) is 34.1 Å². The second-order valence-corrected chi connectivity index (χ2v) is 27.1. The van der Waals surface area contributed by atoms with E-state index in [0.29, 0.717) is 26.2 Å². The number of aryl methyl sites for hydroxylation is 2. The number of carbonyl (C=O) groups excluding carboxylic acids is 8. The first-order valence-electron chi connectivity index (χ1n) is 37.5. The van der Waals surface area contributed by atoms with Crippen LogP contribution in [0.15, 0.2) is 115 Å². The summed E-state index contributed by atoms with van der Waals surface area (Å²) >= 11 is 0. The third-order valence-corrected chi connectivity index (χ3v) is 18.5. The van der Waals surface area contributed by atoms with Crippen LogP contribution in [0.4, 0.5) is 64.9 Å². The van der Waals surface area contributed by atoms with Crippen LogP contribution < -0.4 is 31.9 Å². The van der Waals surface area contributed by atoms with Crippen LogP contribution in [-0.2, 0) is 0 Å². The van der Waals surface area contributed by atoms with Gasteiger partial charge in [0.1, 0.15) is 29.1 Å². The minimum Gasteiger partial charge on any atom is -0.339 e. The molecule has 572 valence electrons. The number of hydrogen-bond donors (Lipinski definition) is 6. The molecule has 7 rings (SSSR count). The minimum absolute atomic E-state index is 0.105. The van der Waals surface area contributed by atoms with E-state index in [0.717, 1.165) is 245 Å². The Morgan fingerprint density at radius 2 is 0.486 bits per heavy atom. The molecule has 0 unspecified atom stereocenters. The number of nitrogens with zero attached hydrogens (tertiary/aromatic N) is 2. The number of rotatable bonds is 42. The van der Waals surface area contributed by atoms with Crippen molar-refractivity contribution < 1.29 is 69.1 Å². The highest BCUT2D eigenvalue weighted by Crippen LogP contribution is 2.32. The monoisotopic (exact) mass is 1480 g/mol. The molecule has 0 aliphatic heterocycles. The average Bonchev–Trinajstić information content (AvgIpc) is 0.811. The Morgan fingerprint density at radius 3 is 0.720 bits per heavy atom. The van der Waals surface area contributed by atoms with E-state index < -0.39 is 144 Å². The molecule has 6 N–H and O–H groups in total. The van der Waals surface area contributed by atoms with E-state index >= 15 is 30.7 Å². The van der Waals surface area contributed by atoms with E-state index in [1.165, 1.54) is 38.1 Å². The molecule has 7 aromatic rings. The minimum atomic E-state index is -1.45. The predicted molar refractivity (Wildman–Crippen MR) is 407 cm³/mol. The van der Waals surface area contributed by atoms with Crippen molar-refractivity contribution in [1.29, 1.82) is 0 Å².